The van der Waals surface area contributed by atoms with Crippen LogP contribution in [-0.2, 0) is 11.8 Å². The number of hydrogen-bond acceptors (Lipinski definition) is 6. The Bertz CT molecular complexity index is 806. The van der Waals surface area contributed by atoms with Gasteiger partial charge in [-0.1, -0.05) is 0 Å². The van der Waals surface area contributed by atoms with Crippen LogP contribution in [0.2, 0.25) is 0 Å². The average molecular weight is 370 g/mol. The minimum absolute atomic E-state index is 0.00761. The molecule has 0 saturated carbocycles. The summed E-state index contributed by atoms with van der Waals surface area (Å²) < 4.78 is 7.10. The second-order valence-electron chi connectivity index (χ2n) is 7.27. The van der Waals surface area contributed by atoms with E-state index in [2.05, 4.69) is 16.1 Å². The maximum atomic E-state index is 12.6. The van der Waals surface area contributed by atoms with Crippen molar-refractivity contribution in [1.29, 1.82) is 0 Å². The fourth-order valence-corrected chi connectivity index (χ4v) is 3.74. The van der Waals surface area contributed by atoms with Crippen molar-refractivity contribution in [2.24, 2.45) is 7.05 Å². The zero-order valence-corrected chi connectivity index (χ0v) is 16.0. The maximum absolute atomic E-state index is 12.6. The molecule has 0 aromatic carbocycles. The molecule has 27 heavy (non-hydrogen) atoms. The van der Waals surface area contributed by atoms with Gasteiger partial charge in [-0.2, -0.15) is 5.10 Å². The van der Waals surface area contributed by atoms with E-state index in [1.54, 1.807) is 16.9 Å². The molecule has 4 heterocycles. The highest BCUT2D eigenvalue weighted by Gasteiger charge is 2.28. The van der Waals surface area contributed by atoms with E-state index in [9.17, 15) is 4.79 Å². The zero-order valence-electron chi connectivity index (χ0n) is 16.0. The summed E-state index contributed by atoms with van der Waals surface area (Å²) in [4.78, 5) is 26.3. The van der Waals surface area contributed by atoms with Crippen LogP contribution in [0.15, 0.2) is 18.3 Å². The Hall–Kier alpha value is -2.48. The minimum atomic E-state index is 0.00761. The second kappa shape index (κ2) is 7.64. The van der Waals surface area contributed by atoms with Gasteiger partial charge in [-0.15, -0.1) is 0 Å². The first-order valence-electron chi connectivity index (χ1n) is 9.57. The molecule has 0 atom stereocenters. The monoisotopic (exact) mass is 370 g/mol. The standard InChI is InChI=1S/C19H26N6O2/c1-14-13-17(24-9-11-27-12-10-24)21-18(20-14)15-3-7-25(8-4-15)19(26)16-5-6-23(2)22-16/h5-6,13,15H,3-4,7-12H2,1-2H3. The lowest BCUT2D eigenvalue weighted by molar-refractivity contribution is 0.0704. The number of aryl methyl sites for hydroxylation is 2. The minimum Gasteiger partial charge on any atom is -0.378 e. The van der Waals surface area contributed by atoms with Crippen LogP contribution in [-0.4, -0.2) is 69.9 Å². The summed E-state index contributed by atoms with van der Waals surface area (Å²) in [6, 6.07) is 3.82. The number of nitrogens with zero attached hydrogens (tertiary/aromatic N) is 6. The molecule has 0 N–H and O–H groups in total. The number of hydrogen-bond donors (Lipinski definition) is 0. The van der Waals surface area contributed by atoms with Gasteiger partial charge >= 0.3 is 0 Å². The van der Waals surface area contributed by atoms with Gasteiger partial charge in [0.05, 0.1) is 13.2 Å². The van der Waals surface area contributed by atoms with Gasteiger partial charge in [0.1, 0.15) is 17.3 Å². The summed E-state index contributed by atoms with van der Waals surface area (Å²) in [5.74, 6) is 2.19. The molecule has 1 amide bonds. The summed E-state index contributed by atoms with van der Waals surface area (Å²) in [6.07, 6.45) is 3.56. The van der Waals surface area contributed by atoms with Crippen LogP contribution in [0.1, 0.15) is 40.8 Å². The van der Waals surface area contributed by atoms with Gasteiger partial charge in [0, 0.05) is 57.1 Å². The summed E-state index contributed by atoms with van der Waals surface area (Å²) >= 11 is 0. The Morgan fingerprint density at radius 1 is 1.15 bits per heavy atom. The van der Waals surface area contributed by atoms with Crippen molar-refractivity contribution in [3.05, 3.63) is 35.5 Å². The van der Waals surface area contributed by atoms with E-state index in [1.807, 2.05) is 18.9 Å². The number of aromatic nitrogens is 4. The van der Waals surface area contributed by atoms with Crippen molar-refractivity contribution >= 4 is 11.7 Å². The van der Waals surface area contributed by atoms with Gasteiger partial charge in [-0.3, -0.25) is 9.48 Å². The number of anilines is 1. The number of piperidine rings is 1. The van der Waals surface area contributed by atoms with Crippen LogP contribution in [0, 0.1) is 6.92 Å². The normalized spacial score (nSPS) is 18.7. The van der Waals surface area contributed by atoms with E-state index in [0.29, 0.717) is 18.8 Å². The fourth-order valence-electron chi connectivity index (χ4n) is 3.74. The van der Waals surface area contributed by atoms with Gasteiger partial charge in [0.15, 0.2) is 0 Å². The quantitative estimate of drug-likeness (QED) is 0.812. The molecule has 8 heteroatoms. The van der Waals surface area contributed by atoms with Crippen molar-refractivity contribution in [3.63, 3.8) is 0 Å². The van der Waals surface area contributed by atoms with E-state index < -0.39 is 0 Å². The molecule has 0 aliphatic carbocycles. The van der Waals surface area contributed by atoms with Crippen LogP contribution in [0.5, 0.6) is 0 Å². The van der Waals surface area contributed by atoms with Gasteiger partial charge in [-0.05, 0) is 25.8 Å². The molecule has 0 radical (unpaired) electrons. The maximum Gasteiger partial charge on any atom is 0.274 e. The molecule has 2 aromatic rings. The van der Waals surface area contributed by atoms with Crippen LogP contribution in [0.3, 0.4) is 0 Å². The molecule has 2 aliphatic rings. The highest BCUT2D eigenvalue weighted by molar-refractivity contribution is 5.92. The highest BCUT2D eigenvalue weighted by atomic mass is 16.5. The predicted molar refractivity (Wildman–Crippen MR) is 101 cm³/mol. The van der Waals surface area contributed by atoms with Crippen molar-refractivity contribution < 1.29 is 9.53 Å². The molecule has 2 aromatic heterocycles. The fraction of sp³-hybridized carbons (Fsp3) is 0.579. The Labute approximate surface area is 159 Å². The van der Waals surface area contributed by atoms with E-state index in [-0.39, 0.29) is 11.8 Å². The number of ether oxygens (including phenoxy) is 1. The second-order valence-corrected chi connectivity index (χ2v) is 7.27. The summed E-state index contributed by atoms with van der Waals surface area (Å²) in [5, 5.41) is 4.22. The van der Waals surface area contributed by atoms with Gasteiger partial charge in [-0.25, -0.2) is 9.97 Å². The summed E-state index contributed by atoms with van der Waals surface area (Å²) in [5.41, 5.74) is 1.51. The van der Waals surface area contributed by atoms with Gasteiger partial charge in [0.25, 0.3) is 5.91 Å². The third kappa shape index (κ3) is 3.95. The van der Waals surface area contributed by atoms with E-state index in [1.165, 1.54) is 0 Å². The molecule has 0 bridgehead atoms. The number of morpholine rings is 1. The lowest BCUT2D eigenvalue weighted by Crippen LogP contribution is -2.39. The van der Waals surface area contributed by atoms with E-state index >= 15 is 0 Å². The van der Waals surface area contributed by atoms with E-state index in [4.69, 9.17) is 14.7 Å². The molecule has 144 valence electrons. The molecule has 0 unspecified atom stereocenters. The smallest absolute Gasteiger partial charge is 0.274 e. The lowest BCUT2D eigenvalue weighted by atomic mass is 9.95. The molecule has 2 saturated heterocycles. The SMILES string of the molecule is Cc1cc(N2CCOCC2)nc(C2CCN(C(=O)c3ccn(C)n3)CC2)n1. The Morgan fingerprint density at radius 3 is 2.56 bits per heavy atom. The van der Waals surface area contributed by atoms with Crippen molar-refractivity contribution in [1.82, 2.24) is 24.6 Å². The average Bonchev–Trinajstić information content (AvgIpc) is 3.14. The molecule has 2 fully saturated rings. The van der Waals surface area contributed by atoms with Gasteiger partial charge < -0.3 is 14.5 Å². The molecule has 4 rings (SSSR count). The molecular weight excluding hydrogens is 344 g/mol. The Morgan fingerprint density at radius 2 is 1.89 bits per heavy atom. The molecular formula is C19H26N6O2. The van der Waals surface area contributed by atoms with Crippen LogP contribution < -0.4 is 4.90 Å². The first-order valence-corrected chi connectivity index (χ1v) is 9.57. The van der Waals surface area contributed by atoms with Crippen LogP contribution in [0.4, 0.5) is 5.82 Å². The third-order valence-corrected chi connectivity index (χ3v) is 5.27. The Kier molecular flexibility index (Phi) is 5.07. The summed E-state index contributed by atoms with van der Waals surface area (Å²) in [7, 11) is 1.82. The summed E-state index contributed by atoms with van der Waals surface area (Å²) in [6.45, 7) is 6.67. The third-order valence-electron chi connectivity index (χ3n) is 5.27. The van der Waals surface area contributed by atoms with E-state index in [0.717, 1.165) is 56.5 Å². The Balaban J connectivity index is 1.43. The first kappa shape index (κ1) is 17.9. The van der Waals surface area contributed by atoms with Crippen molar-refractivity contribution in [3.8, 4) is 0 Å². The lowest BCUT2D eigenvalue weighted by Gasteiger charge is -2.32. The largest absolute Gasteiger partial charge is 0.378 e. The zero-order chi connectivity index (χ0) is 18.8. The van der Waals surface area contributed by atoms with Gasteiger partial charge in [0.2, 0.25) is 0 Å². The highest BCUT2D eigenvalue weighted by Crippen LogP contribution is 2.28. The molecule has 0 spiro atoms. The number of carbonyl (C=O) groups is 1. The first-order chi connectivity index (χ1) is 13.1. The number of amides is 1. The number of rotatable bonds is 3. The predicted octanol–water partition coefficient (Wildman–Crippen LogP) is 1.37. The van der Waals surface area contributed by atoms with Crippen molar-refractivity contribution in [2.45, 2.75) is 25.7 Å². The molecule has 2 aliphatic heterocycles. The topological polar surface area (TPSA) is 76.4 Å². The number of likely N-dealkylation sites (tertiary alicyclic amines) is 1. The molecule has 8 nitrogen and oxygen atoms in total. The van der Waals surface area contributed by atoms with Crippen molar-refractivity contribution in [2.75, 3.05) is 44.3 Å². The van der Waals surface area contributed by atoms with Crippen LogP contribution >= 0.6 is 0 Å². The number of carbonyl (C=O) groups excluding carboxylic acids is 1. The van der Waals surface area contributed by atoms with Crippen LogP contribution in [0.25, 0.3) is 0 Å².